The Balaban J connectivity index is 1.40. The summed E-state index contributed by atoms with van der Waals surface area (Å²) in [5, 5.41) is 11.1. The van der Waals surface area contributed by atoms with Crippen molar-refractivity contribution in [2.24, 2.45) is 28.6 Å². The van der Waals surface area contributed by atoms with Crippen molar-refractivity contribution >= 4 is 39.6 Å². The second kappa shape index (κ2) is 16.8. The number of hydrogen-bond donors (Lipinski definition) is 4. The molecule has 304 valence electrons. The van der Waals surface area contributed by atoms with E-state index in [9.17, 15) is 32.4 Å². The lowest BCUT2D eigenvalue weighted by Gasteiger charge is -2.37. The summed E-state index contributed by atoms with van der Waals surface area (Å²) >= 11 is 0. The van der Waals surface area contributed by atoms with E-state index in [1.54, 1.807) is 17.0 Å². The first-order chi connectivity index (χ1) is 26.3. The molecule has 15 heteroatoms. The number of fused-ring (bicyclic) bond motifs is 2. The van der Waals surface area contributed by atoms with Gasteiger partial charge in [0.15, 0.2) is 5.03 Å². The van der Waals surface area contributed by atoms with Gasteiger partial charge in [0, 0.05) is 38.9 Å². The van der Waals surface area contributed by atoms with Crippen LogP contribution in [0.25, 0.3) is 0 Å². The van der Waals surface area contributed by atoms with Gasteiger partial charge in [0.05, 0.1) is 6.04 Å². The number of sulfonamides is 1. The molecule has 56 heavy (non-hydrogen) atoms. The van der Waals surface area contributed by atoms with Crippen LogP contribution in [0.4, 0.5) is 4.79 Å². The molecule has 0 radical (unpaired) electrons. The second-order valence-electron chi connectivity index (χ2n) is 17.0. The topological polar surface area (TPSA) is 187 Å². The number of carbonyl (C=O) groups excluding carboxylic acids is 5. The van der Waals surface area contributed by atoms with E-state index in [-0.39, 0.29) is 47.7 Å². The van der Waals surface area contributed by atoms with E-state index < -0.39 is 69.1 Å². The van der Waals surface area contributed by atoms with Crippen molar-refractivity contribution in [1.82, 2.24) is 35.5 Å². The Kier molecular flexibility index (Phi) is 12.8. The van der Waals surface area contributed by atoms with Crippen molar-refractivity contribution in [3.05, 3.63) is 72.4 Å². The number of Topliss-reactive ketones (excluding diaryl/α,β-unsaturated/α-hetero) is 1. The predicted octanol–water partition coefficient (Wildman–Crippen LogP) is 2.84. The molecule has 1 aromatic carbocycles. The van der Waals surface area contributed by atoms with E-state index in [1.165, 1.54) is 25.4 Å². The van der Waals surface area contributed by atoms with Crippen LogP contribution >= 0.6 is 0 Å². The van der Waals surface area contributed by atoms with Crippen LogP contribution in [-0.4, -0.2) is 103 Å². The van der Waals surface area contributed by atoms with Gasteiger partial charge in [0.1, 0.15) is 12.1 Å². The van der Waals surface area contributed by atoms with Gasteiger partial charge in [0.2, 0.25) is 17.6 Å². The number of amides is 5. The third-order valence-electron chi connectivity index (χ3n) is 11.8. The van der Waals surface area contributed by atoms with Crippen LogP contribution in [0.2, 0.25) is 0 Å². The van der Waals surface area contributed by atoms with Crippen LogP contribution < -0.4 is 21.3 Å². The van der Waals surface area contributed by atoms with Crippen molar-refractivity contribution in [3.63, 3.8) is 0 Å². The highest BCUT2D eigenvalue weighted by atomic mass is 32.2. The first-order valence-electron chi connectivity index (χ1n) is 19.4. The number of carbonyl (C=O) groups is 5. The van der Waals surface area contributed by atoms with Gasteiger partial charge in [-0.3, -0.25) is 19.2 Å². The van der Waals surface area contributed by atoms with Gasteiger partial charge in [0.25, 0.3) is 15.9 Å². The molecule has 3 aliphatic rings. The van der Waals surface area contributed by atoms with Crippen LogP contribution in [0.3, 0.4) is 0 Å². The highest BCUT2D eigenvalue weighted by Crippen LogP contribution is 2.65. The minimum Gasteiger partial charge on any atom is -0.346 e. The highest BCUT2D eigenvalue weighted by molar-refractivity contribution is 7.89. The molecule has 5 amide bonds. The standard InChI is InChI=1S/C41H57N7O7S/c1-9-15-29(35(49)37(51)43-19-10-2)44-36(50)34-32-28(41(32,6)7)23-48(34)38(52)33(27-21-25-16-11-12-17-26(25)22-27)46-39(53)45-30(40(3,4)5)24-47(8)56(54,55)31-18-13-14-20-42-31/h10-14,16-18,20,27-30,32-34H,2,9,15,19,21-24H2,1,3-8H3,(H,43,51)(H,44,50)(H2,45,46,53)/t28-,29+,30+,32-,33-,34-/m0/s1. The zero-order chi connectivity index (χ0) is 41.2. The molecular formula is C41H57N7O7S. The van der Waals surface area contributed by atoms with Crippen molar-refractivity contribution in [3.8, 4) is 0 Å². The normalized spacial score (nSPS) is 21.6. The Bertz CT molecular complexity index is 1910. The number of likely N-dealkylation sites (tertiary alicyclic amines) is 1. The zero-order valence-electron chi connectivity index (χ0n) is 33.5. The Hall–Kier alpha value is -4.63. The smallest absolute Gasteiger partial charge is 0.315 e. The molecule has 6 atom stereocenters. The lowest BCUT2D eigenvalue weighted by atomic mass is 9.86. The number of piperidine rings is 1. The van der Waals surface area contributed by atoms with E-state index in [2.05, 4.69) is 46.7 Å². The van der Waals surface area contributed by atoms with Crippen LogP contribution in [0.1, 0.15) is 65.5 Å². The fourth-order valence-electron chi connectivity index (χ4n) is 8.32. The zero-order valence-corrected chi connectivity index (χ0v) is 34.3. The largest absolute Gasteiger partial charge is 0.346 e. The van der Waals surface area contributed by atoms with Crippen molar-refractivity contribution in [2.45, 2.75) is 96.4 Å². The molecule has 0 bridgehead atoms. The number of rotatable bonds is 16. The molecule has 5 rings (SSSR count). The summed E-state index contributed by atoms with van der Waals surface area (Å²) in [6.45, 7) is 15.5. The summed E-state index contributed by atoms with van der Waals surface area (Å²) in [4.78, 5) is 74.5. The van der Waals surface area contributed by atoms with Crippen molar-refractivity contribution in [1.29, 1.82) is 0 Å². The maximum absolute atomic E-state index is 14.9. The van der Waals surface area contributed by atoms with Crippen molar-refractivity contribution in [2.75, 3.05) is 26.7 Å². The number of nitrogens with one attached hydrogen (secondary N) is 4. The number of ketones is 1. The minimum atomic E-state index is -3.97. The Morgan fingerprint density at radius 3 is 2.23 bits per heavy atom. The van der Waals surface area contributed by atoms with Gasteiger partial charge in [-0.05, 0) is 71.1 Å². The Morgan fingerprint density at radius 2 is 1.66 bits per heavy atom. The molecule has 4 N–H and O–H groups in total. The lowest BCUT2D eigenvalue weighted by Crippen LogP contribution is -2.61. The third kappa shape index (κ3) is 8.99. The van der Waals surface area contributed by atoms with Gasteiger partial charge < -0.3 is 26.2 Å². The van der Waals surface area contributed by atoms with Gasteiger partial charge in [-0.25, -0.2) is 18.2 Å². The van der Waals surface area contributed by atoms with Gasteiger partial charge in [-0.15, -0.1) is 6.58 Å². The molecule has 1 saturated heterocycles. The van der Waals surface area contributed by atoms with Crippen LogP contribution in [0, 0.1) is 28.6 Å². The first kappa shape index (κ1) is 42.5. The number of pyridine rings is 1. The maximum Gasteiger partial charge on any atom is 0.315 e. The van der Waals surface area contributed by atoms with E-state index in [1.807, 2.05) is 52.0 Å². The summed E-state index contributed by atoms with van der Waals surface area (Å²) in [5.41, 5.74) is 1.30. The van der Waals surface area contributed by atoms with Crippen LogP contribution in [-0.2, 0) is 42.0 Å². The minimum absolute atomic E-state index is 0.0236. The second-order valence-corrected chi connectivity index (χ2v) is 19.0. The van der Waals surface area contributed by atoms with Gasteiger partial charge in [-0.2, -0.15) is 4.31 Å². The molecule has 1 aromatic heterocycles. The Morgan fingerprint density at radius 1 is 1.02 bits per heavy atom. The molecule has 2 aliphatic carbocycles. The molecule has 2 heterocycles. The lowest BCUT2D eigenvalue weighted by molar-refractivity contribution is -0.144. The average Bonchev–Trinajstić information content (AvgIpc) is 3.50. The highest BCUT2D eigenvalue weighted by Gasteiger charge is 2.70. The number of hydrogen-bond acceptors (Lipinski definition) is 8. The maximum atomic E-state index is 14.9. The monoisotopic (exact) mass is 791 g/mol. The van der Waals surface area contributed by atoms with Crippen LogP contribution in [0.5, 0.6) is 0 Å². The number of likely N-dealkylation sites (N-methyl/N-ethyl adjacent to an activating group) is 1. The van der Waals surface area contributed by atoms with E-state index >= 15 is 0 Å². The van der Waals surface area contributed by atoms with Gasteiger partial charge >= 0.3 is 6.03 Å². The Labute approximate surface area is 330 Å². The quantitative estimate of drug-likeness (QED) is 0.148. The first-order valence-corrected chi connectivity index (χ1v) is 20.8. The fourth-order valence-corrected chi connectivity index (χ4v) is 9.43. The average molecular weight is 792 g/mol. The number of benzene rings is 1. The van der Waals surface area contributed by atoms with Gasteiger partial charge in [-0.1, -0.05) is 84.4 Å². The molecule has 1 aliphatic heterocycles. The third-order valence-corrected chi connectivity index (χ3v) is 13.6. The summed E-state index contributed by atoms with van der Waals surface area (Å²) in [5.74, 6) is -3.00. The number of aromatic nitrogens is 1. The predicted molar refractivity (Wildman–Crippen MR) is 211 cm³/mol. The van der Waals surface area contributed by atoms with E-state index in [0.717, 1.165) is 15.4 Å². The molecule has 0 spiro atoms. The summed E-state index contributed by atoms with van der Waals surface area (Å²) in [6, 6.07) is 8.14. The molecular weight excluding hydrogens is 735 g/mol. The van der Waals surface area contributed by atoms with E-state index in [0.29, 0.717) is 25.8 Å². The van der Waals surface area contributed by atoms with Crippen LogP contribution in [0.15, 0.2) is 66.3 Å². The summed E-state index contributed by atoms with van der Waals surface area (Å²) in [7, 11) is -2.54. The SMILES string of the molecule is C=CCNC(=O)C(=O)[C@@H](CCC)NC(=O)[C@@H]1[C@@H]2[C@H](CN1C(=O)[C@@H](NC(=O)N[C@H](CN(C)S(=O)(=O)c1ccccn1)C(C)(C)C)C1Cc3ccccc3C1)C2(C)C. The van der Waals surface area contributed by atoms with E-state index in [4.69, 9.17) is 0 Å². The molecule has 2 aromatic rings. The van der Waals surface area contributed by atoms with Crippen molar-refractivity contribution < 1.29 is 32.4 Å². The molecule has 0 unspecified atom stereocenters. The fraction of sp³-hybridized carbons (Fsp3) is 0.561. The number of nitrogens with zero attached hydrogens (tertiary/aromatic N) is 3. The summed E-state index contributed by atoms with van der Waals surface area (Å²) in [6.07, 6.45) is 4.67. The molecule has 2 fully saturated rings. The molecule has 14 nitrogen and oxygen atoms in total. The number of urea groups is 1. The summed E-state index contributed by atoms with van der Waals surface area (Å²) < 4.78 is 27.9. The molecule has 1 saturated carbocycles.